The van der Waals surface area contributed by atoms with Gasteiger partial charge in [-0.2, -0.15) is 0 Å². The molecule has 0 aliphatic carbocycles. The van der Waals surface area contributed by atoms with Gasteiger partial charge in [-0.25, -0.2) is 4.98 Å². The minimum Gasteiger partial charge on any atom is -0.467 e. The Morgan fingerprint density at radius 2 is 2.24 bits per heavy atom. The lowest BCUT2D eigenvalue weighted by Gasteiger charge is -2.21. The maximum atomic E-state index is 5.36. The topological polar surface area (TPSA) is 29.3 Å². The molecule has 0 aliphatic heterocycles. The van der Waals surface area contributed by atoms with Crippen LogP contribution in [0.3, 0.4) is 0 Å². The van der Waals surface area contributed by atoms with Crippen molar-refractivity contribution in [2.75, 3.05) is 11.4 Å². The number of nitrogens with zero attached hydrogens (tertiary/aromatic N) is 2. The van der Waals surface area contributed by atoms with Gasteiger partial charge in [0, 0.05) is 17.2 Å². The Balaban J connectivity index is 2.23. The van der Waals surface area contributed by atoms with Crippen LogP contribution in [0.15, 0.2) is 44.0 Å². The summed E-state index contributed by atoms with van der Waals surface area (Å²) in [6.07, 6.45) is 3.48. The zero-order valence-corrected chi connectivity index (χ0v) is 12.5. The van der Waals surface area contributed by atoms with Gasteiger partial charge in [0.1, 0.15) is 11.6 Å². The summed E-state index contributed by atoms with van der Waals surface area (Å²) in [6, 6.07) is 5.86. The first-order chi connectivity index (χ1) is 8.20. The molecule has 0 aromatic carbocycles. The summed E-state index contributed by atoms with van der Waals surface area (Å²) in [4.78, 5) is 6.57. The highest BCUT2D eigenvalue weighted by Crippen LogP contribution is 2.27. The van der Waals surface area contributed by atoms with Crippen molar-refractivity contribution in [2.24, 2.45) is 0 Å². The number of pyridine rings is 1. The Kier molecular flexibility index (Phi) is 4.23. The molecule has 0 aliphatic rings. The largest absolute Gasteiger partial charge is 0.467 e. The lowest BCUT2D eigenvalue weighted by molar-refractivity contribution is 0.502. The molecule has 2 heterocycles. The molecule has 0 N–H and O–H groups in total. The molecule has 0 saturated carbocycles. The highest BCUT2D eigenvalue weighted by molar-refractivity contribution is 9.11. The molecular weight excluding hydrogens is 348 g/mol. The molecule has 3 nitrogen and oxygen atoms in total. The minimum absolute atomic E-state index is 0.719. The van der Waals surface area contributed by atoms with E-state index in [0.29, 0.717) is 0 Å². The fourth-order valence-corrected chi connectivity index (χ4v) is 2.81. The van der Waals surface area contributed by atoms with E-state index in [1.807, 2.05) is 18.2 Å². The molecule has 0 spiro atoms. The van der Waals surface area contributed by atoms with Gasteiger partial charge >= 0.3 is 0 Å². The maximum Gasteiger partial charge on any atom is 0.143 e. The average molecular weight is 360 g/mol. The highest BCUT2D eigenvalue weighted by atomic mass is 79.9. The van der Waals surface area contributed by atoms with Crippen molar-refractivity contribution in [1.29, 1.82) is 0 Å². The van der Waals surface area contributed by atoms with Crippen LogP contribution >= 0.6 is 31.9 Å². The van der Waals surface area contributed by atoms with Crippen LogP contribution in [0.5, 0.6) is 0 Å². The molecule has 0 bridgehead atoms. The second kappa shape index (κ2) is 5.69. The molecular formula is C12H12Br2N2O. The van der Waals surface area contributed by atoms with Crippen molar-refractivity contribution in [3.05, 3.63) is 45.4 Å². The fraction of sp³-hybridized carbons (Fsp3) is 0.250. The lowest BCUT2D eigenvalue weighted by Crippen LogP contribution is -2.23. The summed E-state index contributed by atoms with van der Waals surface area (Å²) in [5.41, 5.74) is 0. The normalized spacial score (nSPS) is 10.5. The molecule has 0 radical (unpaired) electrons. The monoisotopic (exact) mass is 358 g/mol. The zero-order valence-electron chi connectivity index (χ0n) is 9.36. The average Bonchev–Trinajstić information content (AvgIpc) is 2.79. The third kappa shape index (κ3) is 3.10. The van der Waals surface area contributed by atoms with Gasteiger partial charge < -0.3 is 9.32 Å². The van der Waals surface area contributed by atoms with Gasteiger partial charge in [0.15, 0.2) is 0 Å². The Labute approximate surface area is 117 Å². The van der Waals surface area contributed by atoms with E-state index in [2.05, 4.69) is 48.7 Å². The van der Waals surface area contributed by atoms with Crippen LogP contribution in [-0.4, -0.2) is 11.5 Å². The Bertz CT molecular complexity index is 485. The zero-order chi connectivity index (χ0) is 12.3. The molecule has 2 rings (SSSR count). The molecule has 17 heavy (non-hydrogen) atoms. The van der Waals surface area contributed by atoms with Crippen molar-refractivity contribution >= 4 is 37.7 Å². The van der Waals surface area contributed by atoms with Gasteiger partial charge in [-0.3, -0.25) is 0 Å². The summed E-state index contributed by atoms with van der Waals surface area (Å²) in [6.45, 7) is 3.68. The molecule has 0 atom stereocenters. The summed E-state index contributed by atoms with van der Waals surface area (Å²) in [7, 11) is 0. The Hall–Kier alpha value is -0.810. The van der Waals surface area contributed by atoms with Crippen LogP contribution in [0.25, 0.3) is 0 Å². The number of aromatic nitrogens is 1. The van der Waals surface area contributed by atoms with E-state index in [1.54, 1.807) is 12.5 Å². The maximum absolute atomic E-state index is 5.36. The van der Waals surface area contributed by atoms with Crippen molar-refractivity contribution in [3.8, 4) is 0 Å². The first kappa shape index (κ1) is 12.6. The van der Waals surface area contributed by atoms with E-state index in [-0.39, 0.29) is 0 Å². The number of anilines is 1. The third-order valence-corrected chi connectivity index (χ3v) is 3.41. The molecule has 2 aromatic rings. The van der Waals surface area contributed by atoms with Gasteiger partial charge in [0.2, 0.25) is 0 Å². The SMILES string of the molecule is CCN(Cc1ccco1)c1ncc(Br)cc1Br. The Morgan fingerprint density at radius 1 is 1.41 bits per heavy atom. The smallest absolute Gasteiger partial charge is 0.143 e. The second-order valence-corrected chi connectivity index (χ2v) is 5.32. The summed E-state index contributed by atoms with van der Waals surface area (Å²) < 4.78 is 7.29. The van der Waals surface area contributed by atoms with Crippen LogP contribution in [0.1, 0.15) is 12.7 Å². The third-order valence-electron chi connectivity index (χ3n) is 2.40. The van der Waals surface area contributed by atoms with Crippen LogP contribution in [0, 0.1) is 0 Å². The lowest BCUT2D eigenvalue weighted by atomic mass is 10.3. The van der Waals surface area contributed by atoms with Crippen molar-refractivity contribution in [3.63, 3.8) is 0 Å². The van der Waals surface area contributed by atoms with Crippen LogP contribution < -0.4 is 4.90 Å². The predicted molar refractivity (Wildman–Crippen MR) is 75.1 cm³/mol. The van der Waals surface area contributed by atoms with Gasteiger partial charge in [0.05, 0.1) is 17.3 Å². The van der Waals surface area contributed by atoms with E-state index in [9.17, 15) is 0 Å². The quantitative estimate of drug-likeness (QED) is 0.818. The van der Waals surface area contributed by atoms with Crippen LogP contribution in [0.2, 0.25) is 0 Å². The predicted octanol–water partition coefficient (Wildman–Crippen LogP) is 4.23. The number of hydrogen-bond donors (Lipinski definition) is 0. The van der Waals surface area contributed by atoms with Gasteiger partial charge in [-0.15, -0.1) is 0 Å². The van der Waals surface area contributed by atoms with E-state index < -0.39 is 0 Å². The van der Waals surface area contributed by atoms with Gasteiger partial charge in [0.25, 0.3) is 0 Å². The van der Waals surface area contributed by atoms with Crippen molar-refractivity contribution in [2.45, 2.75) is 13.5 Å². The summed E-state index contributed by atoms with van der Waals surface area (Å²) in [5, 5.41) is 0. The molecule has 2 aromatic heterocycles. The van der Waals surface area contributed by atoms with E-state index in [1.165, 1.54) is 0 Å². The molecule has 0 amide bonds. The van der Waals surface area contributed by atoms with Crippen molar-refractivity contribution in [1.82, 2.24) is 4.98 Å². The van der Waals surface area contributed by atoms with E-state index in [0.717, 1.165) is 33.6 Å². The summed E-state index contributed by atoms with van der Waals surface area (Å²) >= 11 is 6.93. The molecule has 5 heteroatoms. The molecule has 0 unspecified atom stereocenters. The van der Waals surface area contributed by atoms with Gasteiger partial charge in [-0.05, 0) is 57.0 Å². The first-order valence-electron chi connectivity index (χ1n) is 5.29. The Morgan fingerprint density at radius 3 is 2.82 bits per heavy atom. The minimum atomic E-state index is 0.719. The molecule has 0 fully saturated rings. The second-order valence-electron chi connectivity index (χ2n) is 3.55. The van der Waals surface area contributed by atoms with Crippen molar-refractivity contribution < 1.29 is 4.42 Å². The van der Waals surface area contributed by atoms with E-state index in [4.69, 9.17) is 4.42 Å². The molecule has 90 valence electrons. The van der Waals surface area contributed by atoms with Gasteiger partial charge in [-0.1, -0.05) is 0 Å². The number of halogens is 2. The fourth-order valence-electron chi connectivity index (χ4n) is 1.57. The number of rotatable bonds is 4. The van der Waals surface area contributed by atoms with Crippen LogP contribution in [0.4, 0.5) is 5.82 Å². The molecule has 0 saturated heterocycles. The number of furan rings is 1. The number of hydrogen-bond acceptors (Lipinski definition) is 3. The highest BCUT2D eigenvalue weighted by Gasteiger charge is 2.12. The standard InChI is InChI=1S/C12H12Br2N2O/c1-2-16(8-10-4-3-5-17-10)12-11(14)6-9(13)7-15-12/h3-7H,2,8H2,1H3. The van der Waals surface area contributed by atoms with Crippen LogP contribution in [-0.2, 0) is 6.54 Å². The first-order valence-corrected chi connectivity index (χ1v) is 6.87. The van der Waals surface area contributed by atoms with E-state index >= 15 is 0 Å². The summed E-state index contributed by atoms with van der Waals surface area (Å²) in [5.74, 6) is 1.86.